The first-order chi connectivity index (χ1) is 17.7. The number of benzene rings is 3. The number of carbonyl (C=O) groups is 1. The first-order valence-corrected chi connectivity index (χ1v) is 12.9. The second-order valence-electron chi connectivity index (χ2n) is 10.5. The second-order valence-corrected chi connectivity index (χ2v) is 10.5. The summed E-state index contributed by atoms with van der Waals surface area (Å²) in [6.07, 6.45) is 7.76. The fraction of sp³-hybridized carbons (Fsp3) is 0.333. The lowest BCUT2D eigenvalue weighted by Gasteiger charge is -2.19. The van der Waals surface area contributed by atoms with Gasteiger partial charge in [0.15, 0.2) is 0 Å². The van der Waals surface area contributed by atoms with Crippen LogP contribution in [0, 0.1) is 17.2 Å². The lowest BCUT2D eigenvalue weighted by atomic mass is 9.87. The van der Waals surface area contributed by atoms with Gasteiger partial charge in [0.05, 0.1) is 11.6 Å². The number of nitrogens with zero attached hydrogens (tertiary/aromatic N) is 1. The second kappa shape index (κ2) is 13.5. The number of ether oxygens (including phenoxy) is 1. The number of para-hydroxylation sites is 1. The van der Waals surface area contributed by atoms with E-state index in [1.165, 1.54) is 5.56 Å². The van der Waals surface area contributed by atoms with Crippen LogP contribution in [0.3, 0.4) is 0 Å². The van der Waals surface area contributed by atoms with Crippen molar-refractivity contribution in [1.29, 1.82) is 5.26 Å². The molecular weight excluding hydrogens is 458 g/mol. The number of unbranched alkanes of at least 4 members (excludes halogenated alkanes) is 1. The van der Waals surface area contributed by atoms with Gasteiger partial charge >= 0.3 is 5.97 Å². The maximum Gasteiger partial charge on any atom is 0.303 e. The van der Waals surface area contributed by atoms with Gasteiger partial charge in [0.1, 0.15) is 12.4 Å². The Kier molecular flexibility index (Phi) is 10.1. The first kappa shape index (κ1) is 27.7. The van der Waals surface area contributed by atoms with Crippen LogP contribution in [0.15, 0.2) is 78.9 Å². The Morgan fingerprint density at radius 2 is 1.65 bits per heavy atom. The number of carboxylic acid groups (broad SMARTS) is 1. The van der Waals surface area contributed by atoms with E-state index in [9.17, 15) is 4.79 Å². The van der Waals surface area contributed by atoms with E-state index in [1.807, 2.05) is 42.5 Å². The molecule has 0 radical (unpaired) electrons. The maximum absolute atomic E-state index is 10.9. The topological polar surface area (TPSA) is 70.3 Å². The molecule has 3 rings (SSSR count). The lowest BCUT2D eigenvalue weighted by Crippen LogP contribution is -2.10. The van der Waals surface area contributed by atoms with Gasteiger partial charge in [-0.15, -0.1) is 0 Å². The van der Waals surface area contributed by atoms with Crippen molar-refractivity contribution < 1.29 is 14.6 Å². The summed E-state index contributed by atoms with van der Waals surface area (Å²) in [7, 11) is 0. The zero-order chi connectivity index (χ0) is 26.7. The summed E-state index contributed by atoms with van der Waals surface area (Å²) in [4.78, 5) is 10.9. The van der Waals surface area contributed by atoms with Gasteiger partial charge in [0.2, 0.25) is 0 Å². The van der Waals surface area contributed by atoms with Crippen molar-refractivity contribution in [2.45, 2.75) is 64.9 Å². The van der Waals surface area contributed by atoms with Crippen LogP contribution in [0.5, 0.6) is 5.75 Å². The molecule has 0 aliphatic rings. The van der Waals surface area contributed by atoms with Gasteiger partial charge in [0.25, 0.3) is 0 Å². The monoisotopic (exact) mass is 495 g/mol. The Balaban J connectivity index is 1.69. The molecule has 0 saturated carbocycles. The molecule has 1 unspecified atom stereocenters. The average Bonchev–Trinajstić information content (AvgIpc) is 2.89. The van der Waals surface area contributed by atoms with Gasteiger partial charge in [-0.3, -0.25) is 4.79 Å². The van der Waals surface area contributed by atoms with E-state index in [-0.39, 0.29) is 17.8 Å². The van der Waals surface area contributed by atoms with Gasteiger partial charge in [-0.05, 0) is 65.5 Å². The Bertz CT molecular complexity index is 1210. The SMILES string of the molecule is CC(C)(C)c1ccc(COc2ccccc2/C=C/C(CCCCC(=O)O)Cc2ccc(C#N)cc2)cc1. The Morgan fingerprint density at radius 3 is 2.30 bits per heavy atom. The van der Waals surface area contributed by atoms with Crippen LogP contribution in [0.1, 0.15) is 74.3 Å². The molecule has 0 spiro atoms. The summed E-state index contributed by atoms with van der Waals surface area (Å²) in [5, 5.41) is 18.0. The van der Waals surface area contributed by atoms with Crippen LogP contribution in [0.25, 0.3) is 6.08 Å². The molecule has 1 atom stereocenters. The smallest absolute Gasteiger partial charge is 0.303 e. The van der Waals surface area contributed by atoms with Gasteiger partial charge in [-0.1, -0.05) is 93.9 Å². The normalized spacial score (nSPS) is 12.3. The van der Waals surface area contributed by atoms with E-state index in [2.05, 4.69) is 69.3 Å². The number of hydrogen-bond acceptors (Lipinski definition) is 3. The number of hydrogen-bond donors (Lipinski definition) is 1. The zero-order valence-electron chi connectivity index (χ0n) is 22.1. The van der Waals surface area contributed by atoms with Gasteiger partial charge < -0.3 is 9.84 Å². The van der Waals surface area contributed by atoms with Crippen molar-refractivity contribution in [1.82, 2.24) is 0 Å². The van der Waals surface area contributed by atoms with Crippen LogP contribution in [-0.4, -0.2) is 11.1 Å². The van der Waals surface area contributed by atoms with Crippen LogP contribution in [-0.2, 0) is 23.2 Å². The Hall–Kier alpha value is -3.84. The minimum Gasteiger partial charge on any atom is -0.488 e. The summed E-state index contributed by atoms with van der Waals surface area (Å²) in [6, 6.07) is 26.5. The summed E-state index contributed by atoms with van der Waals surface area (Å²) in [5.74, 6) is 0.333. The molecule has 3 aromatic carbocycles. The van der Waals surface area contributed by atoms with E-state index in [0.29, 0.717) is 18.6 Å². The summed E-state index contributed by atoms with van der Waals surface area (Å²) >= 11 is 0. The third kappa shape index (κ3) is 9.28. The number of nitriles is 1. The van der Waals surface area contributed by atoms with Crippen molar-refractivity contribution in [2.75, 3.05) is 0 Å². The van der Waals surface area contributed by atoms with Crippen LogP contribution in [0.2, 0.25) is 0 Å². The first-order valence-electron chi connectivity index (χ1n) is 12.9. The molecule has 37 heavy (non-hydrogen) atoms. The highest BCUT2D eigenvalue weighted by molar-refractivity contribution is 5.66. The highest BCUT2D eigenvalue weighted by Gasteiger charge is 2.13. The van der Waals surface area contributed by atoms with E-state index in [0.717, 1.165) is 41.7 Å². The van der Waals surface area contributed by atoms with E-state index in [4.69, 9.17) is 15.1 Å². The largest absolute Gasteiger partial charge is 0.488 e. The summed E-state index contributed by atoms with van der Waals surface area (Å²) in [5.41, 5.74) is 5.38. The Morgan fingerprint density at radius 1 is 0.973 bits per heavy atom. The van der Waals surface area contributed by atoms with Crippen LogP contribution < -0.4 is 4.74 Å². The fourth-order valence-corrected chi connectivity index (χ4v) is 4.22. The molecule has 0 heterocycles. The molecule has 0 fully saturated rings. The highest BCUT2D eigenvalue weighted by Crippen LogP contribution is 2.26. The number of allylic oxidation sites excluding steroid dienone is 1. The average molecular weight is 496 g/mol. The number of carboxylic acids is 1. The molecule has 192 valence electrons. The zero-order valence-corrected chi connectivity index (χ0v) is 22.1. The molecular formula is C33H37NO3. The maximum atomic E-state index is 10.9. The molecule has 0 amide bonds. The summed E-state index contributed by atoms with van der Waals surface area (Å²) < 4.78 is 6.20. The molecule has 3 aromatic rings. The van der Waals surface area contributed by atoms with Gasteiger partial charge in [0, 0.05) is 12.0 Å². The van der Waals surface area contributed by atoms with Gasteiger partial charge in [-0.2, -0.15) is 5.26 Å². The van der Waals surface area contributed by atoms with Crippen LogP contribution in [0.4, 0.5) is 0 Å². The molecule has 0 aromatic heterocycles. The third-order valence-electron chi connectivity index (χ3n) is 6.48. The molecule has 0 bridgehead atoms. The van der Waals surface area contributed by atoms with Crippen molar-refractivity contribution >= 4 is 12.0 Å². The van der Waals surface area contributed by atoms with E-state index < -0.39 is 5.97 Å². The third-order valence-corrected chi connectivity index (χ3v) is 6.48. The number of rotatable bonds is 12. The number of aliphatic carboxylic acids is 1. The van der Waals surface area contributed by atoms with Crippen molar-refractivity contribution in [3.63, 3.8) is 0 Å². The molecule has 4 nitrogen and oxygen atoms in total. The molecule has 0 aliphatic carbocycles. The molecule has 4 heteroatoms. The fourth-order valence-electron chi connectivity index (χ4n) is 4.22. The van der Waals surface area contributed by atoms with Crippen LogP contribution >= 0.6 is 0 Å². The lowest BCUT2D eigenvalue weighted by molar-refractivity contribution is -0.137. The molecule has 0 saturated heterocycles. The molecule has 0 aliphatic heterocycles. The summed E-state index contributed by atoms with van der Waals surface area (Å²) in [6.45, 7) is 7.13. The Labute approximate surface area is 221 Å². The van der Waals surface area contributed by atoms with Crippen molar-refractivity contribution in [3.05, 3.63) is 107 Å². The van der Waals surface area contributed by atoms with E-state index in [1.54, 1.807) is 0 Å². The predicted octanol–water partition coefficient (Wildman–Crippen LogP) is 7.95. The molecule has 1 N–H and O–H groups in total. The predicted molar refractivity (Wildman–Crippen MR) is 149 cm³/mol. The quantitative estimate of drug-likeness (QED) is 0.259. The standard InChI is InChI=1S/C33H37NO3/c1-33(2,3)30-20-17-28(18-21-30)24-37-31-10-6-5-9-29(31)19-16-25(8-4-7-11-32(35)36)22-26-12-14-27(23-34)15-13-26/h5-6,9-10,12-21,25H,4,7-8,11,22,24H2,1-3H3,(H,35,36)/b19-16+. The van der Waals surface area contributed by atoms with Crippen molar-refractivity contribution in [2.24, 2.45) is 5.92 Å². The van der Waals surface area contributed by atoms with Gasteiger partial charge in [-0.25, -0.2) is 0 Å². The minimum absolute atomic E-state index is 0.124. The van der Waals surface area contributed by atoms with Crippen molar-refractivity contribution in [3.8, 4) is 11.8 Å². The van der Waals surface area contributed by atoms with E-state index >= 15 is 0 Å². The minimum atomic E-state index is -0.752. The highest BCUT2D eigenvalue weighted by atomic mass is 16.5.